The first-order valence-corrected chi connectivity index (χ1v) is 9.16. The molecule has 1 heterocycles. The Bertz CT molecular complexity index is 1390. The van der Waals surface area contributed by atoms with E-state index < -0.39 is 46.1 Å². The minimum absolute atomic E-state index is 0.0689. The maximum Gasteiger partial charge on any atom is 0.344 e. The van der Waals surface area contributed by atoms with Crippen LogP contribution in [0.5, 0.6) is 5.75 Å². The quantitative estimate of drug-likeness (QED) is 0.265. The lowest BCUT2D eigenvalue weighted by Crippen LogP contribution is -2.18. The molecule has 0 fully saturated rings. The number of rotatable bonds is 4. The third-order valence-corrected chi connectivity index (χ3v) is 4.75. The van der Waals surface area contributed by atoms with Crippen molar-refractivity contribution in [2.24, 2.45) is 0 Å². The maximum atomic E-state index is 14.1. The summed E-state index contributed by atoms with van der Waals surface area (Å²) in [5.41, 5.74) is -0.791. The second kappa shape index (κ2) is 8.18. The monoisotopic (exact) mass is 443 g/mol. The van der Waals surface area contributed by atoms with Crippen LogP contribution in [-0.4, -0.2) is 13.0 Å². The highest BCUT2D eigenvalue weighted by molar-refractivity contribution is 6.05. The van der Waals surface area contributed by atoms with E-state index in [0.717, 1.165) is 7.11 Å². The number of hydrogen-bond donors (Lipinski definition) is 1. The number of halogens is 4. The van der Waals surface area contributed by atoms with Crippen LogP contribution in [0.1, 0.15) is 10.4 Å². The van der Waals surface area contributed by atoms with Crippen molar-refractivity contribution in [1.29, 1.82) is 0 Å². The average molecular weight is 443 g/mol. The molecule has 4 aromatic rings. The Balaban J connectivity index is 1.64. The molecular formula is C23H13F4NO4. The molecule has 0 radical (unpaired) electrons. The van der Waals surface area contributed by atoms with E-state index >= 15 is 0 Å². The summed E-state index contributed by atoms with van der Waals surface area (Å²) in [6.45, 7) is 0. The number of carbonyl (C=O) groups is 1. The van der Waals surface area contributed by atoms with Gasteiger partial charge < -0.3 is 14.5 Å². The second-order valence-corrected chi connectivity index (χ2v) is 6.68. The molecule has 0 aliphatic heterocycles. The third-order valence-electron chi connectivity index (χ3n) is 4.75. The highest BCUT2D eigenvalue weighted by atomic mass is 19.2. The summed E-state index contributed by atoms with van der Waals surface area (Å²) in [7, 11) is 0.831. The predicted molar refractivity (Wildman–Crippen MR) is 109 cm³/mol. The van der Waals surface area contributed by atoms with Crippen LogP contribution in [0.25, 0.3) is 22.1 Å². The molecule has 0 aliphatic rings. The molecule has 32 heavy (non-hydrogen) atoms. The molecule has 0 saturated carbocycles. The van der Waals surface area contributed by atoms with Gasteiger partial charge >= 0.3 is 5.63 Å². The van der Waals surface area contributed by atoms with E-state index in [1.54, 1.807) is 30.3 Å². The first-order valence-electron chi connectivity index (χ1n) is 9.16. The van der Waals surface area contributed by atoms with Crippen molar-refractivity contribution in [3.63, 3.8) is 0 Å². The number of ether oxygens (including phenoxy) is 1. The topological polar surface area (TPSA) is 68.5 Å². The van der Waals surface area contributed by atoms with Crippen molar-refractivity contribution in [2.45, 2.75) is 0 Å². The van der Waals surface area contributed by atoms with Crippen LogP contribution in [0.3, 0.4) is 0 Å². The molecule has 3 aromatic carbocycles. The van der Waals surface area contributed by atoms with E-state index in [-0.39, 0.29) is 11.3 Å². The number of para-hydroxylation sites is 1. The molecule has 0 aliphatic carbocycles. The van der Waals surface area contributed by atoms with Gasteiger partial charge in [0, 0.05) is 11.1 Å². The standard InChI is InChI=1S/C23H13F4NO4/c1-31-21-19(26)17(24)16(18(25)20(21)27)22(29)28-13-8-6-11(7-9-13)14-10-12-4-2-3-5-15(12)32-23(14)30/h2-10H,1H3,(H,28,29). The highest BCUT2D eigenvalue weighted by Crippen LogP contribution is 2.30. The number of hydrogen-bond acceptors (Lipinski definition) is 4. The lowest BCUT2D eigenvalue weighted by atomic mass is 10.1. The van der Waals surface area contributed by atoms with E-state index in [4.69, 9.17) is 4.42 Å². The minimum Gasteiger partial charge on any atom is -0.491 e. The van der Waals surface area contributed by atoms with Gasteiger partial charge in [-0.1, -0.05) is 30.3 Å². The van der Waals surface area contributed by atoms with Gasteiger partial charge in [0.2, 0.25) is 11.6 Å². The van der Waals surface area contributed by atoms with Gasteiger partial charge in [-0.05, 0) is 29.8 Å². The molecule has 0 unspecified atom stereocenters. The van der Waals surface area contributed by atoms with Gasteiger partial charge in [-0.15, -0.1) is 0 Å². The van der Waals surface area contributed by atoms with Crippen LogP contribution >= 0.6 is 0 Å². The number of benzene rings is 3. The fourth-order valence-electron chi connectivity index (χ4n) is 3.18. The molecule has 0 atom stereocenters. The van der Waals surface area contributed by atoms with Gasteiger partial charge in [-0.3, -0.25) is 4.79 Å². The van der Waals surface area contributed by atoms with E-state index in [1.807, 2.05) is 0 Å². The first-order chi connectivity index (χ1) is 15.3. The molecule has 0 spiro atoms. The normalized spacial score (nSPS) is 10.9. The van der Waals surface area contributed by atoms with Crippen LogP contribution in [-0.2, 0) is 0 Å². The molecule has 0 bridgehead atoms. The van der Waals surface area contributed by atoms with Crippen molar-refractivity contribution < 1.29 is 31.5 Å². The number of amides is 1. The summed E-state index contributed by atoms with van der Waals surface area (Å²) in [6.07, 6.45) is 0. The molecule has 1 N–H and O–H groups in total. The van der Waals surface area contributed by atoms with Gasteiger partial charge in [-0.2, -0.15) is 8.78 Å². The molecule has 4 rings (SSSR count). The summed E-state index contributed by atoms with van der Waals surface area (Å²) in [5.74, 6) is -10.1. The number of anilines is 1. The fraction of sp³-hybridized carbons (Fsp3) is 0.0435. The number of nitrogens with one attached hydrogen (secondary N) is 1. The first kappa shape index (κ1) is 21.1. The van der Waals surface area contributed by atoms with Crippen LogP contribution in [0.4, 0.5) is 23.2 Å². The summed E-state index contributed by atoms with van der Waals surface area (Å²) in [4.78, 5) is 24.6. The van der Waals surface area contributed by atoms with Gasteiger partial charge in [0.05, 0.1) is 12.7 Å². The molecule has 1 amide bonds. The Morgan fingerprint density at radius 3 is 2.16 bits per heavy atom. The SMILES string of the molecule is COc1c(F)c(F)c(C(=O)Nc2ccc(-c3cc4ccccc4oc3=O)cc2)c(F)c1F. The molecule has 162 valence electrons. The summed E-state index contributed by atoms with van der Waals surface area (Å²) < 4.78 is 65.6. The zero-order valence-corrected chi connectivity index (χ0v) is 16.3. The van der Waals surface area contributed by atoms with Crippen molar-refractivity contribution in [1.82, 2.24) is 0 Å². The summed E-state index contributed by atoms with van der Waals surface area (Å²) >= 11 is 0. The number of methoxy groups -OCH3 is 1. The van der Waals surface area contributed by atoms with Gasteiger partial charge in [0.15, 0.2) is 17.4 Å². The average Bonchev–Trinajstić information content (AvgIpc) is 2.78. The summed E-state index contributed by atoms with van der Waals surface area (Å²) in [5, 5.41) is 2.86. The van der Waals surface area contributed by atoms with E-state index in [9.17, 15) is 27.2 Å². The van der Waals surface area contributed by atoms with E-state index in [1.165, 1.54) is 24.3 Å². The lowest BCUT2D eigenvalue weighted by Gasteiger charge is -2.11. The minimum atomic E-state index is -1.89. The van der Waals surface area contributed by atoms with Crippen LogP contribution in [0.15, 0.2) is 63.8 Å². The smallest absolute Gasteiger partial charge is 0.344 e. The summed E-state index contributed by atoms with van der Waals surface area (Å²) in [6, 6.07) is 14.2. The maximum absolute atomic E-state index is 14.1. The third kappa shape index (κ3) is 3.58. The Labute approximate surface area is 177 Å². The lowest BCUT2D eigenvalue weighted by molar-refractivity contribution is 0.101. The van der Waals surface area contributed by atoms with Crippen molar-refractivity contribution in [3.8, 4) is 16.9 Å². The van der Waals surface area contributed by atoms with Crippen LogP contribution in [0.2, 0.25) is 0 Å². The van der Waals surface area contributed by atoms with Crippen molar-refractivity contribution in [3.05, 3.63) is 93.8 Å². The molecule has 9 heteroatoms. The number of carbonyl (C=O) groups excluding carboxylic acids is 1. The zero-order chi connectivity index (χ0) is 23.0. The second-order valence-electron chi connectivity index (χ2n) is 6.68. The predicted octanol–water partition coefficient (Wildman–Crippen LogP) is 5.28. The highest BCUT2D eigenvalue weighted by Gasteiger charge is 2.30. The Morgan fingerprint density at radius 1 is 0.906 bits per heavy atom. The van der Waals surface area contributed by atoms with Crippen LogP contribution in [0, 0.1) is 23.3 Å². The Hall–Kier alpha value is -4.14. The molecule has 5 nitrogen and oxygen atoms in total. The molecule has 1 aromatic heterocycles. The Morgan fingerprint density at radius 2 is 1.53 bits per heavy atom. The molecule has 0 saturated heterocycles. The zero-order valence-electron chi connectivity index (χ0n) is 16.3. The van der Waals surface area contributed by atoms with E-state index in [0.29, 0.717) is 16.5 Å². The van der Waals surface area contributed by atoms with Crippen LogP contribution < -0.4 is 15.7 Å². The van der Waals surface area contributed by atoms with Gasteiger partial charge in [0.1, 0.15) is 11.1 Å². The van der Waals surface area contributed by atoms with Gasteiger partial charge in [0.25, 0.3) is 5.91 Å². The Kier molecular flexibility index (Phi) is 5.40. The van der Waals surface area contributed by atoms with Crippen molar-refractivity contribution in [2.75, 3.05) is 12.4 Å². The number of fused-ring (bicyclic) bond motifs is 1. The van der Waals surface area contributed by atoms with E-state index in [2.05, 4.69) is 10.1 Å². The van der Waals surface area contributed by atoms with Crippen molar-refractivity contribution >= 4 is 22.6 Å². The fourth-order valence-corrected chi connectivity index (χ4v) is 3.18. The molecular weight excluding hydrogens is 430 g/mol. The van der Waals surface area contributed by atoms with Gasteiger partial charge in [-0.25, -0.2) is 13.6 Å². The largest absolute Gasteiger partial charge is 0.491 e.